The Morgan fingerprint density at radius 1 is 0.950 bits per heavy atom. The van der Waals surface area contributed by atoms with Crippen molar-refractivity contribution in [2.24, 2.45) is 0 Å². The zero-order valence-corrected chi connectivity index (χ0v) is 23.7. The van der Waals surface area contributed by atoms with Crippen LogP contribution in [-0.2, 0) is 12.1 Å². The normalized spacial score (nSPS) is 21.4. The Labute approximate surface area is 238 Å². The predicted octanol–water partition coefficient (Wildman–Crippen LogP) is 5.69. The fraction of sp³-hybridized carbons (Fsp3) is 0.441. The number of ether oxygens (including phenoxy) is 1. The second kappa shape index (κ2) is 12.6. The van der Waals surface area contributed by atoms with Crippen LogP contribution in [0.15, 0.2) is 78.9 Å². The lowest BCUT2D eigenvalue weighted by molar-refractivity contribution is -0.0501. The van der Waals surface area contributed by atoms with Gasteiger partial charge in [0.15, 0.2) is 0 Å². The highest BCUT2D eigenvalue weighted by Gasteiger charge is 2.36. The van der Waals surface area contributed by atoms with Crippen LogP contribution in [0, 0.1) is 0 Å². The van der Waals surface area contributed by atoms with E-state index in [1.165, 1.54) is 24.8 Å². The number of carbonyl (C=O) groups is 1. The monoisotopic (exact) mass is 542 g/mol. The van der Waals surface area contributed by atoms with Crippen molar-refractivity contribution in [3.05, 3.63) is 101 Å². The van der Waals surface area contributed by atoms with Gasteiger partial charge >= 0.3 is 5.97 Å². The van der Waals surface area contributed by atoms with Crippen LogP contribution in [0.4, 0.5) is 0 Å². The molecule has 0 radical (unpaired) electrons. The number of hydrogen-bond acceptors (Lipinski definition) is 6. The molecule has 3 aromatic carbocycles. The largest absolute Gasteiger partial charge is 0.423 e. The van der Waals surface area contributed by atoms with Crippen molar-refractivity contribution in [3.8, 4) is 5.75 Å². The van der Waals surface area contributed by atoms with Crippen LogP contribution in [0.3, 0.4) is 0 Å². The highest BCUT2D eigenvalue weighted by molar-refractivity contribution is 5.91. The van der Waals surface area contributed by atoms with Crippen molar-refractivity contribution >= 4 is 5.97 Å². The van der Waals surface area contributed by atoms with E-state index in [1.54, 1.807) is 12.1 Å². The predicted molar refractivity (Wildman–Crippen MR) is 157 cm³/mol. The molecule has 0 amide bonds. The third-order valence-corrected chi connectivity index (χ3v) is 8.92. The van der Waals surface area contributed by atoms with E-state index < -0.39 is 17.7 Å². The molecular formula is C34H42N2O4. The van der Waals surface area contributed by atoms with Crippen LogP contribution < -0.4 is 4.74 Å². The SMILES string of the molecule is CC1CCCCN1Cc1ccc(C(=O)Oc2ccc(C(O)C(C)N3CCC(O)(c4ccccc4)CC3)cc2)cc1. The number of likely N-dealkylation sites (tertiary alicyclic amines) is 2. The van der Waals surface area contributed by atoms with Crippen molar-refractivity contribution in [1.82, 2.24) is 9.80 Å². The summed E-state index contributed by atoms with van der Waals surface area (Å²) < 4.78 is 5.61. The minimum atomic E-state index is -0.819. The number of aliphatic hydroxyl groups excluding tert-OH is 1. The van der Waals surface area contributed by atoms with Gasteiger partial charge in [0.25, 0.3) is 0 Å². The minimum absolute atomic E-state index is 0.111. The fourth-order valence-electron chi connectivity index (χ4n) is 6.09. The second-order valence-electron chi connectivity index (χ2n) is 11.6. The summed E-state index contributed by atoms with van der Waals surface area (Å²) in [7, 11) is 0. The van der Waals surface area contributed by atoms with Crippen molar-refractivity contribution in [1.29, 1.82) is 0 Å². The van der Waals surface area contributed by atoms with Gasteiger partial charge in [-0.25, -0.2) is 4.79 Å². The van der Waals surface area contributed by atoms with E-state index in [9.17, 15) is 15.0 Å². The third kappa shape index (κ3) is 6.64. The Morgan fingerprint density at radius 2 is 1.62 bits per heavy atom. The van der Waals surface area contributed by atoms with Gasteiger partial charge in [-0.3, -0.25) is 9.80 Å². The first-order valence-corrected chi connectivity index (χ1v) is 14.7. The molecule has 0 aliphatic carbocycles. The minimum Gasteiger partial charge on any atom is -0.423 e. The van der Waals surface area contributed by atoms with Crippen LogP contribution in [0.25, 0.3) is 0 Å². The number of rotatable bonds is 8. The van der Waals surface area contributed by atoms with Crippen molar-refractivity contribution < 1.29 is 19.7 Å². The van der Waals surface area contributed by atoms with Gasteiger partial charge in [-0.05, 0) is 87.0 Å². The summed E-state index contributed by atoms with van der Waals surface area (Å²) >= 11 is 0. The Hall–Kier alpha value is -3.03. The Bertz CT molecular complexity index is 1240. The van der Waals surface area contributed by atoms with E-state index in [2.05, 4.69) is 16.7 Å². The summed E-state index contributed by atoms with van der Waals surface area (Å²) in [4.78, 5) is 17.5. The first-order chi connectivity index (χ1) is 19.3. The second-order valence-corrected chi connectivity index (χ2v) is 11.6. The highest BCUT2D eigenvalue weighted by Crippen LogP contribution is 2.35. The lowest BCUT2D eigenvalue weighted by atomic mass is 9.83. The molecule has 212 valence electrons. The molecule has 3 aromatic rings. The van der Waals surface area contributed by atoms with Gasteiger partial charge in [-0.2, -0.15) is 0 Å². The number of aliphatic hydroxyl groups is 2. The van der Waals surface area contributed by atoms with Crippen LogP contribution in [0.1, 0.15) is 79.1 Å². The maximum absolute atomic E-state index is 12.7. The molecule has 2 N–H and O–H groups in total. The number of piperidine rings is 2. The van der Waals surface area contributed by atoms with Crippen LogP contribution in [0.2, 0.25) is 0 Å². The zero-order chi connectivity index (χ0) is 28.1. The van der Waals surface area contributed by atoms with Gasteiger partial charge < -0.3 is 14.9 Å². The third-order valence-electron chi connectivity index (χ3n) is 8.92. The van der Waals surface area contributed by atoms with Gasteiger partial charge in [-0.15, -0.1) is 0 Å². The van der Waals surface area contributed by atoms with Gasteiger partial charge in [0.1, 0.15) is 5.75 Å². The average molecular weight is 543 g/mol. The molecule has 0 spiro atoms. The average Bonchev–Trinajstić information content (AvgIpc) is 2.99. The van der Waals surface area contributed by atoms with Crippen LogP contribution in [-0.4, -0.2) is 57.7 Å². The van der Waals surface area contributed by atoms with E-state index in [-0.39, 0.29) is 6.04 Å². The summed E-state index contributed by atoms with van der Waals surface area (Å²) in [6, 6.07) is 25.1. The number of esters is 1. The van der Waals surface area contributed by atoms with E-state index in [4.69, 9.17) is 4.74 Å². The van der Waals surface area contributed by atoms with Crippen molar-refractivity contribution in [3.63, 3.8) is 0 Å². The number of benzene rings is 3. The van der Waals surface area contributed by atoms with E-state index in [1.807, 2.05) is 73.7 Å². The lowest BCUT2D eigenvalue weighted by Crippen LogP contribution is -2.47. The van der Waals surface area contributed by atoms with Crippen LogP contribution in [0.5, 0.6) is 5.75 Å². The van der Waals surface area contributed by atoms with E-state index in [0.29, 0.717) is 43.3 Å². The molecule has 0 bridgehead atoms. The molecule has 2 aliphatic heterocycles. The number of nitrogens with zero attached hydrogens (tertiary/aromatic N) is 2. The molecule has 2 fully saturated rings. The molecule has 0 saturated carbocycles. The molecule has 3 atom stereocenters. The lowest BCUT2D eigenvalue weighted by Gasteiger charge is -2.42. The van der Waals surface area contributed by atoms with Gasteiger partial charge in [0.2, 0.25) is 0 Å². The summed E-state index contributed by atoms with van der Waals surface area (Å²) in [6.45, 7) is 7.75. The molecule has 6 heteroatoms. The first-order valence-electron chi connectivity index (χ1n) is 14.7. The molecule has 2 aliphatic rings. The van der Waals surface area contributed by atoms with E-state index in [0.717, 1.165) is 24.2 Å². The molecule has 6 nitrogen and oxygen atoms in total. The molecule has 40 heavy (non-hydrogen) atoms. The summed E-state index contributed by atoms with van der Waals surface area (Å²) in [6.07, 6.45) is 4.36. The number of hydrogen-bond donors (Lipinski definition) is 2. The first kappa shape index (κ1) is 28.5. The standard InChI is InChI=1S/C34H42N2O4/c1-25-8-6-7-21-36(25)24-27-11-13-29(14-12-27)33(38)40-31-17-15-28(16-18-31)32(37)26(2)35-22-19-34(39,20-23-35)30-9-4-3-5-10-30/h3-5,9-18,25-26,32,37,39H,6-8,19-24H2,1-2H3. The molecule has 5 rings (SSSR count). The Morgan fingerprint density at radius 3 is 2.27 bits per heavy atom. The molecule has 3 unspecified atom stereocenters. The molecular weight excluding hydrogens is 500 g/mol. The maximum Gasteiger partial charge on any atom is 0.343 e. The fourth-order valence-corrected chi connectivity index (χ4v) is 6.09. The summed E-state index contributed by atoms with van der Waals surface area (Å²) in [5, 5.41) is 22.2. The van der Waals surface area contributed by atoms with Crippen molar-refractivity contribution in [2.75, 3.05) is 19.6 Å². The molecule has 0 aromatic heterocycles. The Kier molecular flexibility index (Phi) is 9.01. The smallest absolute Gasteiger partial charge is 0.343 e. The molecule has 2 saturated heterocycles. The zero-order valence-electron chi connectivity index (χ0n) is 23.7. The van der Waals surface area contributed by atoms with Gasteiger partial charge in [0, 0.05) is 31.7 Å². The quantitative estimate of drug-likeness (QED) is 0.282. The maximum atomic E-state index is 12.7. The summed E-state index contributed by atoms with van der Waals surface area (Å²) in [5.74, 6) is 0.0597. The Balaban J connectivity index is 1.13. The topological polar surface area (TPSA) is 73.2 Å². The number of carbonyl (C=O) groups excluding carboxylic acids is 1. The van der Waals surface area contributed by atoms with Gasteiger partial charge in [0.05, 0.1) is 17.3 Å². The van der Waals surface area contributed by atoms with E-state index >= 15 is 0 Å². The molecule has 2 heterocycles. The van der Waals surface area contributed by atoms with Gasteiger partial charge in [-0.1, -0.05) is 61.0 Å². The highest BCUT2D eigenvalue weighted by atomic mass is 16.5. The van der Waals surface area contributed by atoms with Crippen LogP contribution >= 0.6 is 0 Å². The van der Waals surface area contributed by atoms with Crippen molar-refractivity contribution in [2.45, 2.75) is 76.3 Å². The summed E-state index contributed by atoms with van der Waals surface area (Å²) in [5.41, 5.74) is 2.63.